The maximum absolute atomic E-state index is 12.6. The third-order valence-corrected chi connectivity index (χ3v) is 7.95. The van der Waals surface area contributed by atoms with Gasteiger partial charge in [0, 0.05) is 6.04 Å². The van der Waals surface area contributed by atoms with Crippen LogP contribution in [0.5, 0.6) is 0 Å². The monoisotopic (exact) mass is 319 g/mol. The summed E-state index contributed by atoms with van der Waals surface area (Å²) in [5.74, 6) is 2.53. The first kappa shape index (κ1) is 14.7. The van der Waals surface area contributed by atoms with Gasteiger partial charge in [-0.05, 0) is 80.8 Å². The largest absolute Gasteiger partial charge is 0.240 e. The van der Waals surface area contributed by atoms with Crippen molar-refractivity contribution in [1.82, 2.24) is 4.72 Å². The summed E-state index contributed by atoms with van der Waals surface area (Å²) in [6.07, 6.45) is 7.82. The SMILES string of the molecule is C[C@@H](NS(=O)(=O)c1ccccc1)C12CC3CC(CC(C3)C1)C2. The van der Waals surface area contributed by atoms with Crippen LogP contribution in [0.2, 0.25) is 0 Å². The smallest absolute Gasteiger partial charge is 0.208 e. The molecule has 0 heterocycles. The summed E-state index contributed by atoms with van der Waals surface area (Å²) >= 11 is 0. The minimum absolute atomic E-state index is 0.0334. The van der Waals surface area contributed by atoms with E-state index in [4.69, 9.17) is 0 Å². The number of benzene rings is 1. The lowest BCUT2D eigenvalue weighted by Gasteiger charge is -2.59. The molecule has 0 aliphatic heterocycles. The van der Waals surface area contributed by atoms with Crippen LogP contribution in [-0.4, -0.2) is 14.5 Å². The first-order valence-electron chi connectivity index (χ1n) is 8.54. The van der Waals surface area contributed by atoms with E-state index in [-0.39, 0.29) is 11.5 Å². The molecule has 0 aromatic heterocycles. The molecule has 22 heavy (non-hydrogen) atoms. The molecule has 0 spiro atoms. The molecule has 5 rings (SSSR count). The van der Waals surface area contributed by atoms with Crippen LogP contribution in [0.1, 0.15) is 45.4 Å². The van der Waals surface area contributed by atoms with Crippen LogP contribution in [0.4, 0.5) is 0 Å². The van der Waals surface area contributed by atoms with E-state index in [9.17, 15) is 8.42 Å². The number of hydrogen-bond donors (Lipinski definition) is 1. The Morgan fingerprint density at radius 2 is 1.50 bits per heavy atom. The third-order valence-electron chi connectivity index (χ3n) is 6.39. The summed E-state index contributed by atoms with van der Waals surface area (Å²) in [6, 6.07) is 8.80. The van der Waals surface area contributed by atoms with Gasteiger partial charge in [-0.2, -0.15) is 0 Å². The molecule has 1 N–H and O–H groups in total. The van der Waals surface area contributed by atoms with E-state index in [1.807, 2.05) is 6.07 Å². The molecule has 1 aromatic rings. The third kappa shape index (κ3) is 2.41. The van der Waals surface area contributed by atoms with Gasteiger partial charge in [0.25, 0.3) is 0 Å². The Kier molecular flexibility index (Phi) is 3.39. The second-order valence-electron chi connectivity index (χ2n) is 7.94. The average molecular weight is 319 g/mol. The van der Waals surface area contributed by atoms with Gasteiger partial charge in [0.05, 0.1) is 4.90 Å². The van der Waals surface area contributed by atoms with Gasteiger partial charge < -0.3 is 0 Å². The van der Waals surface area contributed by atoms with E-state index < -0.39 is 10.0 Å². The van der Waals surface area contributed by atoms with Crippen LogP contribution >= 0.6 is 0 Å². The van der Waals surface area contributed by atoms with Crippen molar-refractivity contribution in [1.29, 1.82) is 0 Å². The molecule has 0 amide bonds. The van der Waals surface area contributed by atoms with E-state index in [0.717, 1.165) is 17.8 Å². The summed E-state index contributed by atoms with van der Waals surface area (Å²) in [5.41, 5.74) is 0.205. The fourth-order valence-electron chi connectivity index (χ4n) is 5.73. The molecule has 0 saturated heterocycles. The van der Waals surface area contributed by atoms with Crippen LogP contribution in [-0.2, 0) is 10.0 Å². The molecule has 4 fully saturated rings. The Balaban J connectivity index is 1.56. The highest BCUT2D eigenvalue weighted by atomic mass is 32.2. The predicted octanol–water partition coefficient (Wildman–Crippen LogP) is 3.57. The van der Waals surface area contributed by atoms with Crippen molar-refractivity contribution in [3.05, 3.63) is 30.3 Å². The van der Waals surface area contributed by atoms with E-state index in [1.54, 1.807) is 24.3 Å². The second-order valence-corrected chi connectivity index (χ2v) is 9.65. The van der Waals surface area contributed by atoms with E-state index in [2.05, 4.69) is 11.6 Å². The number of hydrogen-bond acceptors (Lipinski definition) is 2. The van der Waals surface area contributed by atoms with Gasteiger partial charge in [0.15, 0.2) is 0 Å². The summed E-state index contributed by atoms with van der Waals surface area (Å²) in [6.45, 7) is 2.09. The van der Waals surface area contributed by atoms with Crippen LogP contribution in [0.3, 0.4) is 0 Å². The molecule has 4 saturated carbocycles. The molecular weight excluding hydrogens is 294 g/mol. The molecular formula is C18H25NO2S. The lowest BCUT2D eigenvalue weighted by Crippen LogP contribution is -2.55. The van der Waals surface area contributed by atoms with E-state index >= 15 is 0 Å². The number of nitrogens with one attached hydrogen (secondary N) is 1. The normalized spacial score (nSPS) is 38.1. The standard InChI is InChI=1S/C18H25NO2S/c1-13(19-22(20,21)17-5-3-2-4-6-17)18-10-14-7-15(11-18)9-16(8-14)12-18/h2-6,13-16,19H,7-12H2,1H3/t13-,14?,15?,16?,18?/m1/s1. The molecule has 3 nitrogen and oxygen atoms in total. The molecule has 1 atom stereocenters. The molecule has 0 unspecified atom stereocenters. The van der Waals surface area contributed by atoms with Crippen molar-refractivity contribution in [2.24, 2.45) is 23.2 Å². The summed E-state index contributed by atoms with van der Waals surface area (Å²) in [7, 11) is -3.40. The average Bonchev–Trinajstić information content (AvgIpc) is 2.46. The number of rotatable bonds is 4. The Bertz CT molecular complexity index is 618. The molecule has 4 aliphatic carbocycles. The minimum Gasteiger partial charge on any atom is -0.208 e. The van der Waals surface area contributed by atoms with E-state index in [0.29, 0.717) is 4.90 Å². The van der Waals surface area contributed by atoms with Gasteiger partial charge in [-0.1, -0.05) is 18.2 Å². The quantitative estimate of drug-likeness (QED) is 0.922. The lowest BCUT2D eigenvalue weighted by molar-refractivity contribution is -0.0666. The topological polar surface area (TPSA) is 46.2 Å². The van der Waals surface area contributed by atoms with Crippen molar-refractivity contribution >= 4 is 10.0 Å². The molecule has 4 bridgehead atoms. The van der Waals surface area contributed by atoms with Gasteiger partial charge in [-0.25, -0.2) is 13.1 Å². The zero-order chi connectivity index (χ0) is 15.4. The van der Waals surface area contributed by atoms with Gasteiger partial charge in [-0.15, -0.1) is 0 Å². The van der Waals surface area contributed by atoms with Crippen molar-refractivity contribution in [2.45, 2.75) is 56.4 Å². The Hall–Kier alpha value is -0.870. The van der Waals surface area contributed by atoms with Crippen molar-refractivity contribution in [3.63, 3.8) is 0 Å². The minimum atomic E-state index is -3.40. The summed E-state index contributed by atoms with van der Waals surface area (Å²) in [5, 5.41) is 0. The maximum Gasteiger partial charge on any atom is 0.240 e. The van der Waals surface area contributed by atoms with Crippen molar-refractivity contribution in [3.8, 4) is 0 Å². The Morgan fingerprint density at radius 3 is 2.00 bits per heavy atom. The molecule has 120 valence electrons. The van der Waals surface area contributed by atoms with Crippen LogP contribution in [0, 0.1) is 23.2 Å². The first-order valence-corrected chi connectivity index (χ1v) is 10.0. The van der Waals surface area contributed by atoms with Crippen molar-refractivity contribution in [2.75, 3.05) is 0 Å². The highest BCUT2D eigenvalue weighted by Crippen LogP contribution is 2.61. The Labute approximate surface area is 133 Å². The van der Waals surface area contributed by atoms with Gasteiger partial charge >= 0.3 is 0 Å². The fourth-order valence-corrected chi connectivity index (χ4v) is 7.10. The lowest BCUT2D eigenvalue weighted by atomic mass is 9.48. The highest BCUT2D eigenvalue weighted by Gasteiger charge is 2.53. The van der Waals surface area contributed by atoms with E-state index in [1.165, 1.54) is 38.5 Å². The molecule has 4 aliphatic rings. The van der Waals surface area contributed by atoms with Crippen LogP contribution in [0.15, 0.2) is 35.2 Å². The van der Waals surface area contributed by atoms with Gasteiger partial charge in [0.2, 0.25) is 10.0 Å². The predicted molar refractivity (Wildman–Crippen MR) is 86.8 cm³/mol. The highest BCUT2D eigenvalue weighted by molar-refractivity contribution is 7.89. The van der Waals surface area contributed by atoms with Gasteiger partial charge in [-0.3, -0.25) is 0 Å². The summed E-state index contributed by atoms with van der Waals surface area (Å²) < 4.78 is 28.3. The molecule has 1 aromatic carbocycles. The molecule has 0 radical (unpaired) electrons. The van der Waals surface area contributed by atoms with Crippen LogP contribution < -0.4 is 4.72 Å². The van der Waals surface area contributed by atoms with Crippen molar-refractivity contribution < 1.29 is 8.42 Å². The zero-order valence-corrected chi connectivity index (χ0v) is 14.0. The zero-order valence-electron chi connectivity index (χ0n) is 13.2. The molecule has 4 heteroatoms. The summed E-state index contributed by atoms with van der Waals surface area (Å²) in [4.78, 5) is 0.381. The van der Waals surface area contributed by atoms with Gasteiger partial charge in [0.1, 0.15) is 0 Å². The number of sulfonamides is 1. The first-order chi connectivity index (χ1) is 10.5. The second kappa shape index (κ2) is 5.07. The van der Waals surface area contributed by atoms with Crippen LogP contribution in [0.25, 0.3) is 0 Å². The fraction of sp³-hybridized carbons (Fsp3) is 0.667. The Morgan fingerprint density at radius 1 is 1.00 bits per heavy atom. The maximum atomic E-state index is 12.6.